The highest BCUT2D eigenvalue weighted by Crippen LogP contribution is 2.26. The van der Waals surface area contributed by atoms with Gasteiger partial charge in [-0.3, -0.25) is 4.90 Å². The zero-order chi connectivity index (χ0) is 15.4. The first-order valence-electron chi connectivity index (χ1n) is 7.17. The first kappa shape index (κ1) is 16.5. The van der Waals surface area contributed by atoms with Crippen LogP contribution in [0.1, 0.15) is 5.56 Å². The minimum absolute atomic E-state index is 0.0797. The lowest BCUT2D eigenvalue weighted by molar-refractivity contribution is 0.228. The molecule has 0 spiro atoms. The molecular weight excluding hydrogens is 296 g/mol. The van der Waals surface area contributed by atoms with Crippen LogP contribution >= 0.6 is 11.6 Å². The molecule has 0 unspecified atom stereocenters. The molecular formula is C15H22ClF2N3. The third-order valence-electron chi connectivity index (χ3n) is 3.78. The lowest BCUT2D eigenvalue weighted by atomic mass is 10.1. The fraction of sp³-hybridized carbons (Fsp3) is 0.600. The fourth-order valence-electron chi connectivity index (χ4n) is 2.53. The van der Waals surface area contributed by atoms with E-state index in [9.17, 15) is 8.78 Å². The third-order valence-corrected chi connectivity index (χ3v) is 4.09. The largest absolute Gasteiger partial charge is 0.364 e. The van der Waals surface area contributed by atoms with Gasteiger partial charge in [-0.1, -0.05) is 0 Å². The summed E-state index contributed by atoms with van der Waals surface area (Å²) in [6.07, 6.45) is 0. The molecule has 118 valence electrons. The number of halogens is 3. The Labute approximate surface area is 130 Å². The molecule has 1 fully saturated rings. The second-order valence-corrected chi connectivity index (χ2v) is 5.94. The monoisotopic (exact) mass is 317 g/mol. The maximum Gasteiger partial charge on any atom is 0.149 e. The van der Waals surface area contributed by atoms with Crippen molar-refractivity contribution in [1.29, 1.82) is 0 Å². The molecule has 0 N–H and O–H groups in total. The Morgan fingerprint density at radius 3 is 2.14 bits per heavy atom. The van der Waals surface area contributed by atoms with Gasteiger partial charge in [0.25, 0.3) is 0 Å². The van der Waals surface area contributed by atoms with E-state index in [0.717, 1.165) is 26.2 Å². The van der Waals surface area contributed by atoms with Crippen LogP contribution in [0.5, 0.6) is 0 Å². The fourth-order valence-corrected chi connectivity index (χ4v) is 2.69. The van der Waals surface area contributed by atoms with Crippen LogP contribution in [-0.4, -0.2) is 63.2 Å². The van der Waals surface area contributed by atoms with Gasteiger partial charge in [-0.2, -0.15) is 0 Å². The van der Waals surface area contributed by atoms with Gasteiger partial charge in [0.05, 0.1) is 0 Å². The lowest BCUT2D eigenvalue weighted by Crippen LogP contribution is -2.48. The van der Waals surface area contributed by atoms with Crippen LogP contribution in [0.3, 0.4) is 0 Å². The number of hydrogen-bond acceptors (Lipinski definition) is 3. The van der Waals surface area contributed by atoms with Gasteiger partial charge in [-0.15, -0.1) is 11.6 Å². The number of anilines is 1. The average Bonchev–Trinajstić information content (AvgIpc) is 2.45. The summed E-state index contributed by atoms with van der Waals surface area (Å²) < 4.78 is 28.1. The predicted molar refractivity (Wildman–Crippen MR) is 83.1 cm³/mol. The summed E-state index contributed by atoms with van der Waals surface area (Å²) in [5.74, 6) is -0.924. The number of hydrogen-bond donors (Lipinski definition) is 0. The molecule has 0 amide bonds. The molecule has 1 aromatic carbocycles. The van der Waals surface area contributed by atoms with E-state index < -0.39 is 11.6 Å². The summed E-state index contributed by atoms with van der Waals surface area (Å²) in [5.41, 5.74) is 0.552. The molecule has 3 nitrogen and oxygen atoms in total. The van der Waals surface area contributed by atoms with Crippen molar-refractivity contribution in [3.05, 3.63) is 29.3 Å². The van der Waals surface area contributed by atoms with Crippen LogP contribution in [0, 0.1) is 11.6 Å². The maximum absolute atomic E-state index is 14.1. The molecule has 2 rings (SSSR count). The van der Waals surface area contributed by atoms with E-state index in [1.54, 1.807) is 4.90 Å². The smallest absolute Gasteiger partial charge is 0.149 e. The molecule has 1 aliphatic heterocycles. The zero-order valence-electron chi connectivity index (χ0n) is 12.6. The number of rotatable bonds is 5. The minimum atomic E-state index is -0.521. The number of piperazine rings is 1. The highest BCUT2D eigenvalue weighted by Gasteiger charge is 2.22. The molecule has 0 atom stereocenters. The van der Waals surface area contributed by atoms with E-state index in [2.05, 4.69) is 9.80 Å². The number of benzene rings is 1. The van der Waals surface area contributed by atoms with Gasteiger partial charge in [0, 0.05) is 45.1 Å². The molecule has 0 aliphatic carbocycles. The van der Waals surface area contributed by atoms with Gasteiger partial charge in [0.15, 0.2) is 0 Å². The molecule has 1 saturated heterocycles. The SMILES string of the molecule is CN(C)CCN1CCN(c2c(F)cc(CCl)cc2F)CC1. The molecule has 1 aromatic rings. The molecule has 0 radical (unpaired) electrons. The van der Waals surface area contributed by atoms with Crippen molar-refractivity contribution >= 4 is 17.3 Å². The van der Waals surface area contributed by atoms with E-state index in [-0.39, 0.29) is 11.6 Å². The summed E-state index contributed by atoms with van der Waals surface area (Å²) >= 11 is 5.63. The summed E-state index contributed by atoms with van der Waals surface area (Å²) in [6.45, 7) is 4.90. The Hall–Kier alpha value is -0.910. The van der Waals surface area contributed by atoms with Crippen LogP contribution in [0.15, 0.2) is 12.1 Å². The van der Waals surface area contributed by atoms with Crippen molar-refractivity contribution in [3.63, 3.8) is 0 Å². The molecule has 0 bridgehead atoms. The predicted octanol–water partition coefficient (Wildman–Crippen LogP) is 2.39. The normalized spacial score (nSPS) is 16.8. The maximum atomic E-state index is 14.1. The van der Waals surface area contributed by atoms with Crippen molar-refractivity contribution < 1.29 is 8.78 Å². The first-order valence-corrected chi connectivity index (χ1v) is 7.70. The Balaban J connectivity index is 1.99. The van der Waals surface area contributed by atoms with Crippen LogP contribution in [-0.2, 0) is 5.88 Å². The zero-order valence-corrected chi connectivity index (χ0v) is 13.3. The minimum Gasteiger partial charge on any atom is -0.364 e. The van der Waals surface area contributed by atoms with Crippen LogP contribution in [0.2, 0.25) is 0 Å². The van der Waals surface area contributed by atoms with Crippen molar-refractivity contribution in [3.8, 4) is 0 Å². The van der Waals surface area contributed by atoms with Crippen molar-refractivity contribution in [2.75, 3.05) is 58.3 Å². The second kappa shape index (κ2) is 7.38. The quantitative estimate of drug-likeness (QED) is 0.772. The number of alkyl halides is 1. The van der Waals surface area contributed by atoms with Crippen molar-refractivity contribution in [2.45, 2.75) is 5.88 Å². The van der Waals surface area contributed by atoms with Crippen LogP contribution < -0.4 is 4.90 Å². The number of likely N-dealkylation sites (N-methyl/N-ethyl adjacent to an activating group) is 1. The summed E-state index contributed by atoms with van der Waals surface area (Å²) in [5, 5.41) is 0. The Kier molecular flexibility index (Phi) is 5.79. The van der Waals surface area contributed by atoms with Gasteiger partial charge in [0.2, 0.25) is 0 Å². The van der Waals surface area contributed by atoms with Crippen molar-refractivity contribution in [2.24, 2.45) is 0 Å². The molecule has 21 heavy (non-hydrogen) atoms. The molecule has 1 heterocycles. The molecule has 0 aromatic heterocycles. The Bertz CT molecular complexity index is 451. The standard InChI is InChI=1S/C15H22ClF2N3/c1-19(2)3-4-20-5-7-21(8-6-20)15-13(17)9-12(11-16)10-14(15)18/h9-10H,3-8,11H2,1-2H3. The second-order valence-electron chi connectivity index (χ2n) is 5.67. The molecule has 0 saturated carbocycles. The summed E-state index contributed by atoms with van der Waals surface area (Å²) in [4.78, 5) is 6.24. The van der Waals surface area contributed by atoms with Crippen LogP contribution in [0.25, 0.3) is 0 Å². The first-order chi connectivity index (χ1) is 10.0. The van der Waals surface area contributed by atoms with E-state index in [4.69, 9.17) is 11.6 Å². The third kappa shape index (κ3) is 4.28. The van der Waals surface area contributed by atoms with Gasteiger partial charge in [0.1, 0.15) is 17.3 Å². The summed E-state index contributed by atoms with van der Waals surface area (Å²) in [6, 6.07) is 2.65. The van der Waals surface area contributed by atoms with E-state index in [0.29, 0.717) is 18.7 Å². The van der Waals surface area contributed by atoms with E-state index in [1.807, 2.05) is 14.1 Å². The number of nitrogens with zero attached hydrogens (tertiary/aromatic N) is 3. The van der Waals surface area contributed by atoms with Crippen molar-refractivity contribution in [1.82, 2.24) is 9.80 Å². The molecule has 1 aliphatic rings. The Morgan fingerprint density at radius 2 is 1.67 bits per heavy atom. The average molecular weight is 318 g/mol. The summed E-state index contributed by atoms with van der Waals surface area (Å²) in [7, 11) is 4.08. The van der Waals surface area contributed by atoms with Crippen LogP contribution in [0.4, 0.5) is 14.5 Å². The highest BCUT2D eigenvalue weighted by molar-refractivity contribution is 6.17. The van der Waals surface area contributed by atoms with Gasteiger partial charge in [-0.25, -0.2) is 8.78 Å². The Morgan fingerprint density at radius 1 is 1.10 bits per heavy atom. The van der Waals surface area contributed by atoms with Gasteiger partial charge < -0.3 is 9.80 Å². The topological polar surface area (TPSA) is 9.72 Å². The van der Waals surface area contributed by atoms with Gasteiger partial charge >= 0.3 is 0 Å². The highest BCUT2D eigenvalue weighted by atomic mass is 35.5. The van der Waals surface area contributed by atoms with E-state index >= 15 is 0 Å². The van der Waals surface area contributed by atoms with Gasteiger partial charge in [-0.05, 0) is 31.8 Å². The molecule has 6 heteroatoms. The lowest BCUT2D eigenvalue weighted by Gasteiger charge is -2.36. The van der Waals surface area contributed by atoms with E-state index in [1.165, 1.54) is 12.1 Å².